The van der Waals surface area contributed by atoms with Crippen LogP contribution in [0.5, 0.6) is 0 Å². The third-order valence-electron chi connectivity index (χ3n) is 18.1. The fourth-order valence-electron chi connectivity index (χ4n) is 12.4. The van der Waals surface area contributed by atoms with Gasteiger partial charge < -0.3 is 5.53 Å². The van der Waals surface area contributed by atoms with Crippen molar-refractivity contribution in [2.24, 2.45) is 0 Å². The molecule has 1 heterocycles. The van der Waals surface area contributed by atoms with E-state index in [2.05, 4.69) is 104 Å². The molecule has 2 aromatic rings. The van der Waals surface area contributed by atoms with Crippen LogP contribution in [0.4, 0.5) is 0 Å². The summed E-state index contributed by atoms with van der Waals surface area (Å²) in [6.45, 7) is 11.3. The monoisotopic (exact) mass is 1190 g/mol. The zero-order valence-electron chi connectivity index (χ0n) is 56.6. The van der Waals surface area contributed by atoms with E-state index >= 15 is 0 Å². The number of allylic oxidation sites excluding steroid dienone is 2. The van der Waals surface area contributed by atoms with Crippen LogP contribution in [0.2, 0.25) is 10.8 Å². The number of rotatable bonds is 61. The smallest absolute Gasteiger partial charge is 0.493 e. The summed E-state index contributed by atoms with van der Waals surface area (Å²) in [5.41, 5.74) is 19.3. The molecule has 0 radical (unpaired) electrons. The normalized spacial score (nSPS) is 12.5. The van der Waals surface area contributed by atoms with Crippen molar-refractivity contribution >= 4 is 11.4 Å². The number of aryl methyl sites for hydroxylation is 2. The number of hydrogen-bond donors (Lipinski definition) is 0. The number of unbranched alkanes of at least 4 members (excludes halogenated alkanes) is 49. The first-order valence-corrected chi connectivity index (χ1v) is 39.1. The molecule has 2 aromatic carbocycles. The summed E-state index contributed by atoms with van der Waals surface area (Å²) in [5.74, 6) is 0. The molecule has 482 valence electrons. The Bertz CT molecular complexity index is 1690. The second-order valence-corrected chi connectivity index (χ2v) is 27.6. The van der Waals surface area contributed by atoms with E-state index in [0.29, 0.717) is 0 Å². The first-order chi connectivity index (χ1) is 41.1. The molecule has 0 N–H and O–H groups in total. The van der Waals surface area contributed by atoms with Gasteiger partial charge in [0.05, 0.1) is 0 Å². The first-order valence-electron chi connectivity index (χ1n) is 37.7. The zero-order valence-corrected chi connectivity index (χ0v) is 57.6. The van der Waals surface area contributed by atoms with Gasteiger partial charge in [-0.1, -0.05) is 245 Å². The van der Waals surface area contributed by atoms with E-state index in [4.69, 9.17) is 0 Å². The van der Waals surface area contributed by atoms with Crippen molar-refractivity contribution in [2.45, 2.75) is 411 Å². The van der Waals surface area contributed by atoms with E-state index in [-0.39, 0.29) is 0 Å². The molecule has 83 heavy (non-hydrogen) atoms. The van der Waals surface area contributed by atoms with E-state index < -0.39 is 0 Å². The van der Waals surface area contributed by atoms with E-state index in [1.54, 1.807) is 0 Å². The van der Waals surface area contributed by atoms with Crippen molar-refractivity contribution in [1.29, 1.82) is 0 Å². The quantitative estimate of drug-likeness (QED) is 0.0358. The molecular weight excluding hydrogens is 1050 g/mol. The number of nitrogens with zero attached hydrogens (tertiary/aromatic N) is 2. The van der Waals surface area contributed by atoms with E-state index in [9.17, 15) is 5.53 Å². The van der Waals surface area contributed by atoms with Crippen molar-refractivity contribution in [2.75, 3.05) is 0 Å². The van der Waals surface area contributed by atoms with Gasteiger partial charge in [-0.05, 0) is 73.9 Å². The van der Waals surface area contributed by atoms with E-state index in [1.807, 2.05) is 0 Å². The number of benzene rings is 2. The van der Waals surface area contributed by atoms with Gasteiger partial charge in [-0.25, -0.2) is 4.70 Å². The van der Waals surface area contributed by atoms with Crippen LogP contribution in [0.3, 0.4) is 0 Å². The third kappa shape index (κ3) is 45.0. The minimum atomic E-state index is 0.891. The Morgan fingerprint density at radius 2 is 0.506 bits per heavy atom. The molecule has 3 rings (SSSR count). The van der Waals surface area contributed by atoms with Crippen LogP contribution in [0.15, 0.2) is 60.2 Å². The molecule has 1 aliphatic rings. The predicted octanol–water partition coefficient (Wildman–Crippen LogP) is 29.0. The molecule has 2 nitrogen and oxygen atoms in total. The van der Waals surface area contributed by atoms with Crippen molar-refractivity contribution in [3.63, 3.8) is 0 Å². The molecule has 3 heteroatoms. The van der Waals surface area contributed by atoms with E-state index in [1.165, 1.54) is 366 Å². The van der Waals surface area contributed by atoms with Crippen LogP contribution in [0, 0.1) is 0 Å². The van der Waals surface area contributed by atoms with Gasteiger partial charge in [0.25, 0.3) is 0 Å². The topological polar surface area (TPSA) is 25.3 Å². The molecule has 0 spiro atoms. The summed E-state index contributed by atoms with van der Waals surface area (Å²) in [6.07, 6.45) is 83.3. The second-order valence-electron chi connectivity index (χ2n) is 26.2. The van der Waals surface area contributed by atoms with Crippen LogP contribution < -0.4 is 0 Å². The minimum absolute atomic E-state index is 0.891. The van der Waals surface area contributed by atoms with Crippen LogP contribution in [0.25, 0.3) is 16.9 Å². The minimum Gasteiger partial charge on any atom is -0.493 e. The fraction of sp³-hybridized carbons (Fsp3) is 0.800. The summed E-state index contributed by atoms with van der Waals surface area (Å²) in [4.78, 5) is 0. The van der Waals surface area contributed by atoms with Crippen molar-refractivity contribution < 1.29 is 19.1 Å². The Balaban J connectivity index is 0.000000601. The SMILES string of the molecule is CCCCCCCCCCCCCCCCCCCCCCC[CH2][Ni][CH2]CCCCCCCCCCCCCCCCCCCCCCC.CCCCCCCCc1ccc(C2=CC(CCCC)=C(c3ccc(CCCC)cc3)[N+]2=[N-])cc1. The number of hydrogen-bond acceptors (Lipinski definition) is 0. The zero-order chi connectivity index (χ0) is 59.4. The Hall–Kier alpha value is -1.99. The maximum atomic E-state index is 11.3. The van der Waals surface area contributed by atoms with Crippen molar-refractivity contribution in [3.05, 3.63) is 88.0 Å². The Morgan fingerprint density at radius 1 is 0.265 bits per heavy atom. The van der Waals surface area contributed by atoms with Gasteiger partial charge >= 0.3 is 166 Å². The van der Waals surface area contributed by atoms with Crippen molar-refractivity contribution in [1.82, 2.24) is 0 Å². The summed E-state index contributed by atoms with van der Waals surface area (Å²) >= 11 is 2.05. The van der Waals surface area contributed by atoms with Crippen LogP contribution >= 0.6 is 0 Å². The molecule has 0 atom stereocenters. The average molecular weight is 1190 g/mol. The molecule has 0 saturated heterocycles. The van der Waals surface area contributed by atoms with Crippen LogP contribution in [0.1, 0.15) is 410 Å². The third-order valence-corrected chi connectivity index (χ3v) is 19.5. The van der Waals surface area contributed by atoms with Gasteiger partial charge in [0.2, 0.25) is 11.4 Å². The van der Waals surface area contributed by atoms with Crippen LogP contribution in [-0.2, 0) is 27.3 Å². The molecule has 0 aromatic heterocycles. The maximum absolute atomic E-state index is 11.3. The summed E-state index contributed by atoms with van der Waals surface area (Å²) in [5, 5.41) is 2.87. The molecule has 0 unspecified atom stereocenters. The average Bonchev–Trinajstić information content (AvgIpc) is 4.12. The molecule has 0 aliphatic carbocycles. The Kier molecular flexibility index (Phi) is 56.0. The molecule has 0 saturated carbocycles. The molecular formula is C80H142N2Ni. The molecule has 0 bridgehead atoms. The summed E-state index contributed by atoms with van der Waals surface area (Å²) in [6, 6.07) is 17.6. The molecule has 1 aliphatic heterocycles. The van der Waals surface area contributed by atoms with Gasteiger partial charge in [-0.15, -0.1) is 0 Å². The Morgan fingerprint density at radius 3 is 0.807 bits per heavy atom. The van der Waals surface area contributed by atoms with Gasteiger partial charge in [-0.3, -0.25) is 0 Å². The van der Waals surface area contributed by atoms with E-state index in [0.717, 1.165) is 54.6 Å². The predicted molar refractivity (Wildman–Crippen MR) is 371 cm³/mol. The fourth-order valence-corrected chi connectivity index (χ4v) is 13.6. The Labute approximate surface area is 526 Å². The summed E-state index contributed by atoms with van der Waals surface area (Å²) < 4.78 is 1.43. The summed E-state index contributed by atoms with van der Waals surface area (Å²) in [7, 11) is 0. The van der Waals surface area contributed by atoms with Gasteiger partial charge in [0.15, 0.2) is 0 Å². The molecule has 0 fully saturated rings. The van der Waals surface area contributed by atoms with Crippen LogP contribution in [-0.4, -0.2) is 4.70 Å². The standard InChI is InChI=1S/C32H44N2.2C24H49.Ni/c1-4-7-10-11-12-13-15-27-17-21-28(22-18-27)31-25-30(16-9-6-3)32(34(31)33)29-23-19-26(20-24-29)14-8-5-2;2*1-3-5-7-9-11-13-15-17-19-21-23-24-22-20-18-16-14-12-10-8-6-4-2;/h17-25H,4-16H2,1-3H3;2*1,3-24H2,2H3;. The molecule has 0 amide bonds. The van der Waals surface area contributed by atoms with Gasteiger partial charge in [0.1, 0.15) is 0 Å². The first kappa shape index (κ1) is 77.1. The second kappa shape index (κ2) is 60.3. The van der Waals surface area contributed by atoms with Gasteiger partial charge in [-0.2, -0.15) is 0 Å². The van der Waals surface area contributed by atoms with Gasteiger partial charge in [0, 0.05) is 22.8 Å². The van der Waals surface area contributed by atoms with Crippen molar-refractivity contribution in [3.8, 4) is 0 Å².